The largest absolute Gasteiger partial charge is 0.464 e. The highest BCUT2D eigenvalue weighted by Gasteiger charge is 2.24. The van der Waals surface area contributed by atoms with Crippen LogP contribution < -0.4 is 10.5 Å². The molecule has 3 aromatic rings. The molecule has 0 aliphatic carbocycles. The van der Waals surface area contributed by atoms with Crippen LogP contribution in [0.3, 0.4) is 0 Å². The lowest BCUT2D eigenvalue weighted by Gasteiger charge is -2.32. The highest BCUT2D eigenvalue weighted by molar-refractivity contribution is 6.02. The van der Waals surface area contributed by atoms with Gasteiger partial charge in [-0.3, -0.25) is 4.79 Å². The summed E-state index contributed by atoms with van der Waals surface area (Å²) in [5.74, 6) is -0.701. The SMILES string of the molecule is COC(=O)c1cc(=O)n2oc3cccc(N4CCOC(O)C4)c3c2n1. The van der Waals surface area contributed by atoms with Crippen LogP contribution in [0.15, 0.2) is 33.6 Å². The molecule has 4 rings (SSSR count). The Balaban J connectivity index is 1.98. The van der Waals surface area contributed by atoms with Gasteiger partial charge < -0.3 is 24.0 Å². The molecule has 1 aliphatic rings. The van der Waals surface area contributed by atoms with Gasteiger partial charge in [-0.1, -0.05) is 6.07 Å². The second-order valence-electron chi connectivity index (χ2n) is 5.60. The Morgan fingerprint density at radius 3 is 3.04 bits per heavy atom. The van der Waals surface area contributed by atoms with Crippen LogP contribution in [0.2, 0.25) is 0 Å². The van der Waals surface area contributed by atoms with E-state index in [9.17, 15) is 14.7 Å². The molecule has 0 radical (unpaired) electrons. The summed E-state index contributed by atoms with van der Waals surface area (Å²) in [6, 6.07) is 6.40. The predicted octanol–water partition coefficient (Wildman–Crippen LogP) is 0.382. The monoisotopic (exact) mass is 345 g/mol. The van der Waals surface area contributed by atoms with Gasteiger partial charge >= 0.3 is 5.97 Å². The smallest absolute Gasteiger partial charge is 0.356 e. The van der Waals surface area contributed by atoms with E-state index in [0.717, 1.165) is 16.3 Å². The van der Waals surface area contributed by atoms with Gasteiger partial charge in [0.2, 0.25) is 0 Å². The number of anilines is 1. The lowest BCUT2D eigenvalue weighted by atomic mass is 10.2. The molecule has 0 spiro atoms. The number of methoxy groups -OCH3 is 1. The van der Waals surface area contributed by atoms with Crippen LogP contribution in [0.25, 0.3) is 16.6 Å². The summed E-state index contributed by atoms with van der Waals surface area (Å²) in [7, 11) is 1.22. The van der Waals surface area contributed by atoms with E-state index < -0.39 is 17.8 Å². The maximum Gasteiger partial charge on any atom is 0.356 e. The maximum absolute atomic E-state index is 12.3. The van der Waals surface area contributed by atoms with Crippen molar-refractivity contribution < 1.29 is 23.9 Å². The number of fused-ring (bicyclic) bond motifs is 3. The first kappa shape index (κ1) is 15.6. The van der Waals surface area contributed by atoms with Gasteiger partial charge in [0.15, 0.2) is 23.2 Å². The third-order valence-electron chi connectivity index (χ3n) is 4.08. The minimum absolute atomic E-state index is 0.0907. The second kappa shape index (κ2) is 5.87. The van der Waals surface area contributed by atoms with Crippen molar-refractivity contribution in [3.05, 3.63) is 40.3 Å². The van der Waals surface area contributed by atoms with Crippen molar-refractivity contribution in [2.75, 3.05) is 31.7 Å². The first-order chi connectivity index (χ1) is 12.1. The zero-order valence-corrected chi connectivity index (χ0v) is 13.3. The van der Waals surface area contributed by atoms with Crippen LogP contribution in [0, 0.1) is 0 Å². The molecule has 25 heavy (non-hydrogen) atoms. The van der Waals surface area contributed by atoms with Gasteiger partial charge in [0.25, 0.3) is 5.56 Å². The molecule has 1 N–H and O–H groups in total. The fourth-order valence-corrected chi connectivity index (χ4v) is 2.96. The van der Waals surface area contributed by atoms with Crippen LogP contribution in [0.4, 0.5) is 5.69 Å². The van der Waals surface area contributed by atoms with Crippen molar-refractivity contribution in [2.45, 2.75) is 6.29 Å². The zero-order chi connectivity index (χ0) is 17.6. The van der Waals surface area contributed by atoms with E-state index in [-0.39, 0.29) is 17.9 Å². The van der Waals surface area contributed by atoms with Crippen molar-refractivity contribution >= 4 is 28.3 Å². The van der Waals surface area contributed by atoms with E-state index in [1.807, 2.05) is 11.0 Å². The number of rotatable bonds is 2. The van der Waals surface area contributed by atoms with Crippen LogP contribution in [-0.4, -0.2) is 53.7 Å². The highest BCUT2D eigenvalue weighted by atomic mass is 16.6. The number of carbonyl (C=O) groups is 1. The van der Waals surface area contributed by atoms with Crippen LogP contribution >= 0.6 is 0 Å². The Bertz CT molecular complexity index is 1020. The van der Waals surface area contributed by atoms with E-state index in [4.69, 9.17) is 9.26 Å². The van der Waals surface area contributed by atoms with Gasteiger partial charge in [-0.15, -0.1) is 4.57 Å². The number of aliphatic hydroxyl groups excluding tert-OH is 1. The second-order valence-corrected chi connectivity index (χ2v) is 5.60. The molecule has 1 atom stereocenters. The lowest BCUT2D eigenvalue weighted by Crippen LogP contribution is -2.42. The van der Waals surface area contributed by atoms with Crippen molar-refractivity contribution in [3.63, 3.8) is 0 Å². The normalized spacial score (nSPS) is 18.0. The fourth-order valence-electron chi connectivity index (χ4n) is 2.96. The van der Waals surface area contributed by atoms with E-state index in [2.05, 4.69) is 9.72 Å². The van der Waals surface area contributed by atoms with Crippen LogP contribution in [-0.2, 0) is 9.47 Å². The molecule has 0 amide bonds. The van der Waals surface area contributed by atoms with Gasteiger partial charge in [-0.2, -0.15) is 0 Å². The standard InChI is InChI=1S/C16H15N3O6/c1-23-16(22)9-7-12(20)19-15(17-9)14-10(3-2-4-11(14)25-19)18-5-6-24-13(21)8-18/h2-4,7,13,21H,5-6,8H2,1H3. The van der Waals surface area contributed by atoms with E-state index in [0.29, 0.717) is 24.1 Å². The summed E-state index contributed by atoms with van der Waals surface area (Å²) >= 11 is 0. The number of benzene rings is 1. The van der Waals surface area contributed by atoms with Gasteiger partial charge in [-0.05, 0) is 12.1 Å². The molecule has 1 aromatic carbocycles. The van der Waals surface area contributed by atoms with Crippen molar-refractivity contribution in [3.8, 4) is 0 Å². The Labute approximate surface area is 140 Å². The van der Waals surface area contributed by atoms with Gasteiger partial charge in [0, 0.05) is 12.6 Å². The highest BCUT2D eigenvalue weighted by Crippen LogP contribution is 2.31. The topological polar surface area (TPSA) is 107 Å². The van der Waals surface area contributed by atoms with Gasteiger partial charge in [-0.25, -0.2) is 9.78 Å². The van der Waals surface area contributed by atoms with Crippen molar-refractivity contribution in [1.82, 2.24) is 9.56 Å². The molecule has 130 valence electrons. The molecular weight excluding hydrogens is 330 g/mol. The number of aromatic nitrogens is 2. The summed E-state index contributed by atoms with van der Waals surface area (Å²) in [6.45, 7) is 1.21. The number of aliphatic hydroxyl groups is 1. The molecule has 1 fully saturated rings. The summed E-state index contributed by atoms with van der Waals surface area (Å²) in [5.41, 5.74) is 0.797. The minimum Gasteiger partial charge on any atom is -0.464 e. The van der Waals surface area contributed by atoms with Crippen LogP contribution in [0.5, 0.6) is 0 Å². The predicted molar refractivity (Wildman–Crippen MR) is 86.7 cm³/mol. The quantitative estimate of drug-likeness (QED) is 0.665. The molecule has 2 aromatic heterocycles. The third kappa shape index (κ3) is 2.53. The van der Waals surface area contributed by atoms with E-state index >= 15 is 0 Å². The number of esters is 1. The molecular formula is C16H15N3O6. The maximum atomic E-state index is 12.3. The molecule has 0 bridgehead atoms. The number of β-amino-alcohol motifs (C(OH)–C–C–N with tert-alkyl or cyclic N) is 1. The zero-order valence-electron chi connectivity index (χ0n) is 13.3. The van der Waals surface area contributed by atoms with Crippen molar-refractivity contribution in [1.29, 1.82) is 0 Å². The van der Waals surface area contributed by atoms with Crippen LogP contribution in [0.1, 0.15) is 10.5 Å². The number of hydrogen-bond acceptors (Lipinski definition) is 8. The van der Waals surface area contributed by atoms with E-state index in [1.54, 1.807) is 12.1 Å². The number of morpholine rings is 1. The van der Waals surface area contributed by atoms with Gasteiger partial charge in [0.05, 0.1) is 31.3 Å². The summed E-state index contributed by atoms with van der Waals surface area (Å²) in [4.78, 5) is 30.2. The molecule has 3 heterocycles. The fraction of sp³-hybridized carbons (Fsp3) is 0.312. The Morgan fingerprint density at radius 1 is 1.44 bits per heavy atom. The molecule has 1 aliphatic heterocycles. The van der Waals surface area contributed by atoms with Gasteiger partial charge in [0.1, 0.15) is 0 Å². The lowest BCUT2D eigenvalue weighted by molar-refractivity contribution is -0.104. The Morgan fingerprint density at radius 2 is 2.28 bits per heavy atom. The number of ether oxygens (including phenoxy) is 2. The first-order valence-electron chi connectivity index (χ1n) is 7.67. The summed E-state index contributed by atoms with van der Waals surface area (Å²) < 4.78 is 16.4. The Hall–Kier alpha value is -2.91. The summed E-state index contributed by atoms with van der Waals surface area (Å²) in [5, 5.41) is 10.3. The molecule has 9 nitrogen and oxygen atoms in total. The average Bonchev–Trinajstić information content (AvgIpc) is 3.00. The third-order valence-corrected chi connectivity index (χ3v) is 4.08. The number of hydrogen-bond donors (Lipinski definition) is 1. The van der Waals surface area contributed by atoms with Crippen molar-refractivity contribution in [2.24, 2.45) is 0 Å². The average molecular weight is 345 g/mol. The number of carbonyl (C=O) groups excluding carboxylic acids is 1. The molecule has 0 saturated carbocycles. The summed E-state index contributed by atoms with van der Waals surface area (Å²) in [6.07, 6.45) is -0.900. The molecule has 9 heteroatoms. The minimum atomic E-state index is -0.900. The number of nitrogens with zero attached hydrogens (tertiary/aromatic N) is 3. The Kier molecular flexibility index (Phi) is 3.66. The molecule has 1 unspecified atom stereocenters. The van der Waals surface area contributed by atoms with E-state index in [1.165, 1.54) is 7.11 Å². The first-order valence-corrected chi connectivity index (χ1v) is 7.67. The molecule has 1 saturated heterocycles.